The largest absolute Gasteiger partial charge is 0.414 e. The van der Waals surface area contributed by atoms with Crippen LogP contribution in [0.1, 0.15) is 53.3 Å². The minimum absolute atomic E-state index is 0.0549. The number of hydrogen-bond donors (Lipinski definition) is 3. The molecule has 2 saturated heterocycles. The Labute approximate surface area is 220 Å². The van der Waals surface area contributed by atoms with Crippen molar-refractivity contribution in [3.05, 3.63) is 32.6 Å². The normalized spacial score (nSPS) is 28.5. The summed E-state index contributed by atoms with van der Waals surface area (Å²) in [5.74, 6) is 4.98. The van der Waals surface area contributed by atoms with Gasteiger partial charge >= 0.3 is 5.69 Å². The van der Waals surface area contributed by atoms with Crippen LogP contribution in [0.2, 0.25) is 36.3 Å². The molecule has 5 atom stereocenters. The Morgan fingerprint density at radius 3 is 2.22 bits per heavy atom. The number of hydrogen-bond acceptors (Lipinski definition) is 8. The third-order valence-corrected chi connectivity index (χ3v) is 17.6. The Kier molecular flexibility index (Phi) is 7.72. The monoisotopic (exact) mass is 556 g/mol. The van der Waals surface area contributed by atoms with E-state index >= 15 is 0 Å². The van der Waals surface area contributed by atoms with Gasteiger partial charge in [0.25, 0.3) is 11.5 Å². The van der Waals surface area contributed by atoms with E-state index in [0.717, 1.165) is 0 Å². The molecule has 0 saturated carbocycles. The fourth-order valence-electron chi connectivity index (χ4n) is 4.02. The molecule has 2 unspecified atom stereocenters. The average molecular weight is 557 g/mol. The van der Waals surface area contributed by atoms with Crippen molar-refractivity contribution < 1.29 is 23.1 Å². The summed E-state index contributed by atoms with van der Waals surface area (Å²) in [5.41, 5.74) is 0.203. The minimum Gasteiger partial charge on any atom is -0.414 e. The van der Waals surface area contributed by atoms with E-state index in [1.165, 1.54) is 10.8 Å². The maximum atomic E-state index is 13.0. The molecular formula is C24H44N4O7Si2. The molecule has 0 aliphatic carbocycles. The molecule has 11 nitrogen and oxygen atoms in total. The van der Waals surface area contributed by atoms with Crippen molar-refractivity contribution in [1.82, 2.24) is 15.0 Å². The SMILES string of the molecule is Cc1cn([C@@H]2OC(CO[Si](C)(C)C(C)(C)C)C3(O[C@H]3C(=O)NN)[C@H]2O[Si](C)(C)C(C)(C)C)c(=O)[nH]c1=O. The summed E-state index contributed by atoms with van der Waals surface area (Å²) in [4.78, 5) is 40.2. The van der Waals surface area contributed by atoms with Crippen molar-refractivity contribution in [2.24, 2.45) is 5.84 Å². The van der Waals surface area contributed by atoms with Gasteiger partial charge in [-0.15, -0.1) is 0 Å². The van der Waals surface area contributed by atoms with E-state index in [9.17, 15) is 14.4 Å². The van der Waals surface area contributed by atoms with Crippen LogP contribution in [0.25, 0.3) is 0 Å². The number of nitrogens with zero attached hydrogens (tertiary/aromatic N) is 1. The Bertz CT molecular complexity index is 1150. The van der Waals surface area contributed by atoms with Crippen LogP contribution in [0.5, 0.6) is 0 Å². The number of epoxide rings is 1. The fraction of sp³-hybridized carbons (Fsp3) is 0.792. The fourth-order valence-corrected chi connectivity index (χ4v) is 6.31. The topological polar surface area (TPSA) is 150 Å². The quantitative estimate of drug-likeness (QED) is 0.152. The van der Waals surface area contributed by atoms with E-state index in [2.05, 4.69) is 78.1 Å². The lowest BCUT2D eigenvalue weighted by molar-refractivity contribution is -0.122. The van der Waals surface area contributed by atoms with Gasteiger partial charge in [0, 0.05) is 11.8 Å². The van der Waals surface area contributed by atoms with Crippen LogP contribution in [-0.2, 0) is 23.1 Å². The van der Waals surface area contributed by atoms with Gasteiger partial charge in [0.15, 0.2) is 34.6 Å². The molecule has 2 fully saturated rings. The van der Waals surface area contributed by atoms with Gasteiger partial charge < -0.3 is 18.3 Å². The van der Waals surface area contributed by atoms with Gasteiger partial charge in [0.1, 0.15) is 12.2 Å². The first-order valence-electron chi connectivity index (χ1n) is 12.7. The van der Waals surface area contributed by atoms with Crippen LogP contribution in [0.3, 0.4) is 0 Å². The number of aromatic nitrogens is 2. The third-order valence-electron chi connectivity index (χ3n) is 8.62. The maximum absolute atomic E-state index is 13.0. The summed E-state index contributed by atoms with van der Waals surface area (Å²) < 4.78 is 27.3. The zero-order valence-corrected chi connectivity index (χ0v) is 26.0. The van der Waals surface area contributed by atoms with Crippen LogP contribution in [0.4, 0.5) is 0 Å². The molecule has 1 spiro atoms. The highest BCUT2D eigenvalue weighted by molar-refractivity contribution is 6.74. The van der Waals surface area contributed by atoms with Crippen LogP contribution < -0.4 is 22.5 Å². The van der Waals surface area contributed by atoms with Crippen molar-refractivity contribution in [2.45, 2.75) is 115 Å². The number of nitrogens with two attached hydrogens (primary N) is 1. The predicted octanol–water partition coefficient (Wildman–Crippen LogP) is 2.28. The molecule has 3 heterocycles. The molecule has 3 rings (SSSR count). The number of hydrazine groups is 1. The molecule has 210 valence electrons. The number of ether oxygens (including phenoxy) is 2. The van der Waals surface area contributed by atoms with Crippen LogP contribution >= 0.6 is 0 Å². The van der Waals surface area contributed by atoms with Crippen LogP contribution in [0, 0.1) is 6.92 Å². The van der Waals surface area contributed by atoms with Crippen molar-refractivity contribution in [1.29, 1.82) is 0 Å². The lowest BCUT2D eigenvalue weighted by atomic mass is 9.93. The second-order valence-corrected chi connectivity index (χ2v) is 22.8. The first-order valence-corrected chi connectivity index (χ1v) is 18.5. The molecule has 0 radical (unpaired) electrons. The highest BCUT2D eigenvalue weighted by atomic mass is 28.4. The average Bonchev–Trinajstić information content (AvgIpc) is 3.42. The number of rotatable bonds is 7. The Morgan fingerprint density at radius 2 is 1.70 bits per heavy atom. The molecule has 1 amide bonds. The standard InChI is InChI=1S/C24H44N4O7Si2/c1-14-12-28(21(31)26-18(14)29)20-17(35-37(10,11)23(5,6)7)24(16(34-24)19(30)27-25)15(33-20)13-32-36(8,9)22(2,3)4/h12,15-17,20H,13,25H2,1-11H3,(H,27,30)(H,26,29,31)/t15?,16-,17-,20+,24?/m0/s1. The van der Waals surface area contributed by atoms with Gasteiger partial charge in [0.05, 0.1) is 6.61 Å². The highest BCUT2D eigenvalue weighted by Crippen LogP contribution is 2.56. The molecular weight excluding hydrogens is 512 g/mol. The zero-order chi connectivity index (χ0) is 28.4. The number of aromatic amines is 1. The number of carbonyl (C=O) groups is 1. The second kappa shape index (κ2) is 9.54. The zero-order valence-electron chi connectivity index (χ0n) is 24.0. The van der Waals surface area contributed by atoms with E-state index < -0.39 is 63.9 Å². The molecule has 0 bridgehead atoms. The van der Waals surface area contributed by atoms with Gasteiger partial charge in [-0.25, -0.2) is 10.6 Å². The molecule has 1 aromatic rings. The Balaban J connectivity index is 2.13. The first-order chi connectivity index (χ1) is 16.7. The summed E-state index contributed by atoms with van der Waals surface area (Å²) in [7, 11) is -4.67. The number of aryl methyl sites for hydroxylation is 1. The van der Waals surface area contributed by atoms with Gasteiger partial charge in [-0.2, -0.15) is 0 Å². The van der Waals surface area contributed by atoms with Crippen molar-refractivity contribution in [3.63, 3.8) is 0 Å². The lowest BCUT2D eigenvalue weighted by Gasteiger charge is -2.40. The third kappa shape index (κ3) is 5.31. The molecule has 37 heavy (non-hydrogen) atoms. The van der Waals surface area contributed by atoms with Crippen LogP contribution in [-0.4, -0.2) is 62.6 Å². The van der Waals surface area contributed by atoms with Gasteiger partial charge in [-0.3, -0.25) is 24.6 Å². The van der Waals surface area contributed by atoms with E-state index in [0.29, 0.717) is 5.56 Å². The number of H-pyrrole nitrogens is 1. The highest BCUT2D eigenvalue weighted by Gasteiger charge is 2.77. The van der Waals surface area contributed by atoms with Crippen LogP contribution in [0.15, 0.2) is 15.8 Å². The smallest absolute Gasteiger partial charge is 0.330 e. The molecule has 0 aromatic carbocycles. The minimum atomic E-state index is -2.47. The number of amides is 1. The maximum Gasteiger partial charge on any atom is 0.330 e. The summed E-state index contributed by atoms with van der Waals surface area (Å²) >= 11 is 0. The summed E-state index contributed by atoms with van der Waals surface area (Å²) in [5, 5.41) is -0.235. The summed E-state index contributed by atoms with van der Waals surface area (Å²) in [6.45, 7) is 22.9. The van der Waals surface area contributed by atoms with E-state index in [-0.39, 0.29) is 16.7 Å². The van der Waals surface area contributed by atoms with E-state index in [1.54, 1.807) is 6.92 Å². The van der Waals surface area contributed by atoms with Gasteiger partial charge in [-0.05, 0) is 43.2 Å². The van der Waals surface area contributed by atoms with Crippen molar-refractivity contribution >= 4 is 22.5 Å². The molecule has 1 aromatic heterocycles. The first kappa shape index (κ1) is 29.9. The van der Waals surface area contributed by atoms with E-state index in [4.69, 9.17) is 24.2 Å². The van der Waals surface area contributed by atoms with Crippen molar-refractivity contribution in [3.8, 4) is 0 Å². The summed E-state index contributed by atoms with van der Waals surface area (Å²) in [6.07, 6.45) is -1.99. The Morgan fingerprint density at radius 1 is 1.14 bits per heavy atom. The van der Waals surface area contributed by atoms with Gasteiger partial charge in [0.2, 0.25) is 0 Å². The van der Waals surface area contributed by atoms with E-state index in [1.807, 2.05) is 0 Å². The molecule has 4 N–H and O–H groups in total. The predicted molar refractivity (Wildman–Crippen MR) is 145 cm³/mol. The van der Waals surface area contributed by atoms with Crippen molar-refractivity contribution in [2.75, 3.05) is 6.61 Å². The number of nitrogens with one attached hydrogen (secondary N) is 2. The van der Waals surface area contributed by atoms with Gasteiger partial charge in [-0.1, -0.05) is 41.5 Å². The molecule has 2 aliphatic heterocycles. The Hall–Kier alpha value is -1.62. The summed E-state index contributed by atoms with van der Waals surface area (Å²) in [6, 6.07) is 0. The lowest BCUT2D eigenvalue weighted by Crippen LogP contribution is -2.54. The second-order valence-electron chi connectivity index (χ2n) is 13.2. The molecule has 13 heteroatoms. The number of carbonyl (C=O) groups excluding carboxylic acids is 1. The molecule has 2 aliphatic rings.